The monoisotopic (exact) mass is 382 g/mol. The molecule has 0 unspecified atom stereocenters. The Morgan fingerprint density at radius 1 is 0.654 bits per heavy atom. The summed E-state index contributed by atoms with van der Waals surface area (Å²) >= 11 is 2.64. The Balaban J connectivity index is 2.09. The minimum absolute atomic E-state index is 0.191. The standard InChI is InChI=1S/C20H14O4S2/c21-19(22)16-11-15(25-13-7-3-1-4-8-13)12-17(18(16)20(23)24)26-14-9-5-2-6-10-14/h1-12H,(H,21,22)(H,23,24). The van der Waals surface area contributed by atoms with Crippen molar-refractivity contribution in [1.29, 1.82) is 0 Å². The summed E-state index contributed by atoms with van der Waals surface area (Å²) in [5.74, 6) is -2.51. The molecule has 0 atom stereocenters. The predicted molar refractivity (Wildman–Crippen MR) is 101 cm³/mol. The van der Waals surface area contributed by atoms with E-state index in [0.29, 0.717) is 9.79 Å². The Morgan fingerprint density at radius 2 is 1.19 bits per heavy atom. The van der Waals surface area contributed by atoms with Gasteiger partial charge in [-0.15, -0.1) is 0 Å². The Hall–Kier alpha value is -2.70. The first kappa shape index (κ1) is 18.1. The first-order valence-electron chi connectivity index (χ1n) is 7.65. The fraction of sp³-hybridized carbons (Fsp3) is 0. The number of aromatic carboxylic acids is 2. The molecular weight excluding hydrogens is 368 g/mol. The lowest BCUT2D eigenvalue weighted by molar-refractivity contribution is 0.0648. The Morgan fingerprint density at radius 3 is 1.69 bits per heavy atom. The van der Waals surface area contributed by atoms with E-state index in [4.69, 9.17) is 0 Å². The molecule has 0 amide bonds. The number of hydrogen-bond acceptors (Lipinski definition) is 4. The lowest BCUT2D eigenvalue weighted by atomic mass is 10.1. The van der Waals surface area contributed by atoms with Gasteiger partial charge in [-0.3, -0.25) is 0 Å². The molecule has 6 heteroatoms. The zero-order valence-corrected chi connectivity index (χ0v) is 15.1. The van der Waals surface area contributed by atoms with E-state index >= 15 is 0 Å². The van der Waals surface area contributed by atoms with E-state index in [2.05, 4.69) is 0 Å². The quantitative estimate of drug-likeness (QED) is 0.596. The minimum Gasteiger partial charge on any atom is -0.478 e. The van der Waals surface area contributed by atoms with Crippen molar-refractivity contribution < 1.29 is 19.8 Å². The summed E-state index contributed by atoms with van der Waals surface area (Å²) in [5.41, 5.74) is -0.402. The molecule has 0 fully saturated rings. The molecule has 130 valence electrons. The second-order valence-electron chi connectivity index (χ2n) is 5.28. The van der Waals surface area contributed by atoms with Crippen LogP contribution in [0.1, 0.15) is 20.7 Å². The van der Waals surface area contributed by atoms with Crippen LogP contribution < -0.4 is 0 Å². The van der Waals surface area contributed by atoms with Gasteiger partial charge in [0.15, 0.2) is 0 Å². The SMILES string of the molecule is O=C(O)c1cc(Sc2ccccc2)cc(Sc2ccccc2)c1C(=O)O. The highest BCUT2D eigenvalue weighted by Gasteiger charge is 2.22. The molecule has 26 heavy (non-hydrogen) atoms. The third-order valence-electron chi connectivity index (χ3n) is 3.47. The molecule has 0 heterocycles. The van der Waals surface area contributed by atoms with Crippen LogP contribution in [0.25, 0.3) is 0 Å². The minimum atomic E-state index is -1.26. The number of benzene rings is 3. The average molecular weight is 382 g/mol. The van der Waals surface area contributed by atoms with Gasteiger partial charge in [0, 0.05) is 19.6 Å². The lowest BCUT2D eigenvalue weighted by Gasteiger charge is -2.12. The van der Waals surface area contributed by atoms with Gasteiger partial charge < -0.3 is 10.2 Å². The van der Waals surface area contributed by atoms with Crippen molar-refractivity contribution in [2.45, 2.75) is 19.6 Å². The zero-order valence-electron chi connectivity index (χ0n) is 13.5. The van der Waals surface area contributed by atoms with Crippen LogP contribution in [-0.4, -0.2) is 22.2 Å². The number of rotatable bonds is 6. The van der Waals surface area contributed by atoms with Crippen LogP contribution in [0.2, 0.25) is 0 Å². The van der Waals surface area contributed by atoms with Crippen molar-refractivity contribution in [3.8, 4) is 0 Å². The van der Waals surface area contributed by atoms with Crippen molar-refractivity contribution in [2.75, 3.05) is 0 Å². The second kappa shape index (κ2) is 8.12. The van der Waals surface area contributed by atoms with E-state index in [9.17, 15) is 19.8 Å². The fourth-order valence-electron chi connectivity index (χ4n) is 2.36. The predicted octanol–water partition coefficient (Wildman–Crippen LogP) is 5.39. The molecule has 0 aliphatic rings. The van der Waals surface area contributed by atoms with Crippen LogP contribution in [0.15, 0.2) is 92.4 Å². The summed E-state index contributed by atoms with van der Waals surface area (Å²) in [6, 6.07) is 21.9. The zero-order chi connectivity index (χ0) is 18.5. The number of carbonyl (C=O) groups is 2. The lowest BCUT2D eigenvalue weighted by Crippen LogP contribution is -2.10. The van der Waals surface area contributed by atoms with Gasteiger partial charge in [-0.2, -0.15) is 0 Å². The summed E-state index contributed by atoms with van der Waals surface area (Å²) in [6.45, 7) is 0. The number of carboxylic acid groups (broad SMARTS) is 2. The summed E-state index contributed by atoms with van der Waals surface area (Å²) in [4.78, 5) is 26.2. The third kappa shape index (κ3) is 4.28. The van der Waals surface area contributed by atoms with Crippen molar-refractivity contribution in [2.24, 2.45) is 0 Å². The Labute approximate surface area is 158 Å². The molecule has 0 radical (unpaired) electrons. The van der Waals surface area contributed by atoms with Crippen LogP contribution in [0.4, 0.5) is 0 Å². The third-order valence-corrected chi connectivity index (χ3v) is 5.50. The topological polar surface area (TPSA) is 74.6 Å². The molecule has 2 N–H and O–H groups in total. The summed E-state index contributed by atoms with van der Waals surface area (Å²) in [7, 11) is 0. The van der Waals surface area contributed by atoms with Crippen molar-refractivity contribution >= 4 is 35.5 Å². The van der Waals surface area contributed by atoms with Gasteiger partial charge in [0.25, 0.3) is 0 Å². The number of hydrogen-bond donors (Lipinski definition) is 2. The largest absolute Gasteiger partial charge is 0.478 e. The second-order valence-corrected chi connectivity index (χ2v) is 7.55. The Bertz CT molecular complexity index is 941. The maximum absolute atomic E-state index is 11.7. The van der Waals surface area contributed by atoms with Gasteiger partial charge in [0.2, 0.25) is 0 Å². The van der Waals surface area contributed by atoms with Gasteiger partial charge in [0.1, 0.15) is 0 Å². The van der Waals surface area contributed by atoms with Crippen LogP contribution in [0, 0.1) is 0 Å². The molecule has 0 aliphatic heterocycles. The summed E-state index contributed by atoms with van der Waals surface area (Å²) in [5, 5.41) is 19.1. The van der Waals surface area contributed by atoms with Gasteiger partial charge in [-0.1, -0.05) is 59.9 Å². The van der Waals surface area contributed by atoms with Gasteiger partial charge in [0.05, 0.1) is 11.1 Å². The van der Waals surface area contributed by atoms with Gasteiger partial charge >= 0.3 is 11.9 Å². The first-order valence-corrected chi connectivity index (χ1v) is 9.28. The van der Waals surface area contributed by atoms with E-state index in [1.54, 1.807) is 6.07 Å². The van der Waals surface area contributed by atoms with Crippen LogP contribution >= 0.6 is 23.5 Å². The molecule has 0 saturated carbocycles. The van der Waals surface area contributed by atoms with E-state index in [0.717, 1.165) is 9.79 Å². The molecule has 0 spiro atoms. The molecular formula is C20H14O4S2. The molecule has 0 bridgehead atoms. The van der Waals surface area contributed by atoms with Crippen LogP contribution in [0.5, 0.6) is 0 Å². The molecule has 3 aromatic rings. The maximum atomic E-state index is 11.7. The van der Waals surface area contributed by atoms with Crippen molar-refractivity contribution in [3.05, 3.63) is 83.9 Å². The molecule has 0 aliphatic carbocycles. The molecule has 3 aromatic carbocycles. The molecule has 4 nitrogen and oxygen atoms in total. The van der Waals surface area contributed by atoms with Crippen LogP contribution in [-0.2, 0) is 0 Å². The van der Waals surface area contributed by atoms with Gasteiger partial charge in [-0.25, -0.2) is 9.59 Å². The smallest absolute Gasteiger partial charge is 0.337 e. The Kier molecular flexibility index (Phi) is 5.65. The maximum Gasteiger partial charge on any atom is 0.337 e. The van der Waals surface area contributed by atoms with Crippen LogP contribution in [0.3, 0.4) is 0 Å². The van der Waals surface area contributed by atoms with Crippen molar-refractivity contribution in [1.82, 2.24) is 0 Å². The van der Waals surface area contributed by atoms with E-state index in [-0.39, 0.29) is 11.1 Å². The molecule has 0 saturated heterocycles. The highest BCUT2D eigenvalue weighted by Crippen LogP contribution is 2.37. The van der Waals surface area contributed by atoms with E-state index in [1.807, 2.05) is 60.7 Å². The normalized spacial score (nSPS) is 10.5. The van der Waals surface area contributed by atoms with Crippen molar-refractivity contribution in [3.63, 3.8) is 0 Å². The molecule has 0 aromatic heterocycles. The summed E-state index contributed by atoms with van der Waals surface area (Å²) in [6.07, 6.45) is 0. The average Bonchev–Trinajstić information content (AvgIpc) is 2.62. The fourth-order valence-corrected chi connectivity index (χ4v) is 4.38. The summed E-state index contributed by atoms with van der Waals surface area (Å²) < 4.78 is 0. The first-order chi connectivity index (χ1) is 12.5. The molecule has 3 rings (SSSR count). The highest BCUT2D eigenvalue weighted by molar-refractivity contribution is 8.00. The van der Waals surface area contributed by atoms with E-state index < -0.39 is 11.9 Å². The highest BCUT2D eigenvalue weighted by atomic mass is 32.2. The van der Waals surface area contributed by atoms with E-state index in [1.165, 1.54) is 29.6 Å². The van der Waals surface area contributed by atoms with Gasteiger partial charge in [-0.05, 0) is 36.4 Å². The number of carboxylic acids is 2.